The summed E-state index contributed by atoms with van der Waals surface area (Å²) in [5.74, 6) is -0.109. The molecule has 7 nitrogen and oxygen atoms in total. The van der Waals surface area contributed by atoms with Gasteiger partial charge in [0, 0.05) is 0 Å². The van der Waals surface area contributed by atoms with Gasteiger partial charge < -0.3 is 4.74 Å². The van der Waals surface area contributed by atoms with Gasteiger partial charge in [-0.3, -0.25) is 0 Å². The maximum Gasteiger partial charge on any atom is 0.329 e. The molecule has 0 aromatic carbocycles. The molecule has 0 aliphatic rings. The fraction of sp³-hybridized carbons (Fsp3) is 0.300. The van der Waals surface area contributed by atoms with E-state index in [0.717, 1.165) is 4.80 Å². The minimum atomic E-state index is -0.416. The quantitative estimate of drug-likeness (QED) is 0.606. The monoisotopic (exact) mass is 267 g/mol. The summed E-state index contributed by atoms with van der Waals surface area (Å²) in [5, 5.41) is 11.9. The molecule has 0 aliphatic heterocycles. The van der Waals surface area contributed by atoms with Crippen LogP contribution in [0.5, 0.6) is 0 Å². The Hall–Kier alpha value is -2.02. The maximum absolute atomic E-state index is 11.2. The summed E-state index contributed by atoms with van der Waals surface area (Å²) < 4.78 is 4.78. The number of tetrazole rings is 1. The molecule has 0 bridgehead atoms. The molecule has 0 fully saturated rings. The highest BCUT2D eigenvalue weighted by Crippen LogP contribution is 2.13. The first-order chi connectivity index (χ1) is 8.69. The Labute approximate surface area is 108 Å². The van der Waals surface area contributed by atoms with Gasteiger partial charge >= 0.3 is 5.97 Å². The van der Waals surface area contributed by atoms with Gasteiger partial charge in [0.05, 0.1) is 6.61 Å². The molecule has 0 N–H and O–H groups in total. The maximum atomic E-state index is 11.2. The largest absolute Gasteiger partial charge is 0.465 e. The van der Waals surface area contributed by atoms with Crippen LogP contribution >= 0.6 is 11.6 Å². The van der Waals surface area contributed by atoms with Crippen LogP contribution in [0.4, 0.5) is 0 Å². The fourth-order valence-corrected chi connectivity index (χ4v) is 1.43. The van der Waals surface area contributed by atoms with Gasteiger partial charge in [0.25, 0.3) is 0 Å². The van der Waals surface area contributed by atoms with Gasteiger partial charge in [0.1, 0.15) is 10.8 Å². The van der Waals surface area contributed by atoms with E-state index in [0.29, 0.717) is 23.3 Å². The molecule has 0 spiro atoms. The zero-order chi connectivity index (χ0) is 13.0. The predicted molar refractivity (Wildman–Crippen MR) is 62.7 cm³/mol. The van der Waals surface area contributed by atoms with Crippen molar-refractivity contribution in [1.82, 2.24) is 25.2 Å². The second-order valence-corrected chi connectivity index (χ2v) is 3.68. The second kappa shape index (κ2) is 5.54. The summed E-state index contributed by atoms with van der Waals surface area (Å²) in [7, 11) is 0. The summed E-state index contributed by atoms with van der Waals surface area (Å²) in [4.78, 5) is 16.4. The lowest BCUT2D eigenvalue weighted by Gasteiger charge is -1.98. The average Bonchev–Trinajstić information content (AvgIpc) is 2.78. The highest BCUT2D eigenvalue weighted by molar-refractivity contribution is 6.29. The number of hydrogen-bond acceptors (Lipinski definition) is 6. The van der Waals surface area contributed by atoms with E-state index in [1.807, 2.05) is 0 Å². The van der Waals surface area contributed by atoms with E-state index in [1.165, 1.54) is 0 Å². The van der Waals surface area contributed by atoms with Crippen LogP contribution in [0.3, 0.4) is 0 Å². The second-order valence-electron chi connectivity index (χ2n) is 3.29. The molecule has 0 saturated heterocycles. The third-order valence-electron chi connectivity index (χ3n) is 1.97. The lowest BCUT2D eigenvalue weighted by molar-refractivity contribution is -0.144. The van der Waals surface area contributed by atoms with Crippen molar-refractivity contribution in [3.05, 3.63) is 23.4 Å². The van der Waals surface area contributed by atoms with Crippen LogP contribution in [-0.2, 0) is 16.1 Å². The molecule has 0 radical (unpaired) electrons. The molecule has 0 unspecified atom stereocenters. The first kappa shape index (κ1) is 12.4. The third kappa shape index (κ3) is 3.01. The van der Waals surface area contributed by atoms with E-state index in [9.17, 15) is 4.79 Å². The Morgan fingerprint density at radius 3 is 3.06 bits per heavy atom. The predicted octanol–water partition coefficient (Wildman–Crippen LogP) is 0.952. The number of pyridine rings is 1. The molecule has 0 saturated carbocycles. The number of nitrogens with zero attached hydrogens (tertiary/aromatic N) is 5. The molecule has 0 aliphatic carbocycles. The molecule has 2 heterocycles. The topological polar surface area (TPSA) is 82.8 Å². The lowest BCUT2D eigenvalue weighted by atomic mass is 10.3. The molecule has 8 heteroatoms. The van der Waals surface area contributed by atoms with Crippen molar-refractivity contribution < 1.29 is 9.53 Å². The van der Waals surface area contributed by atoms with Gasteiger partial charge in [-0.25, -0.2) is 9.78 Å². The van der Waals surface area contributed by atoms with Crippen molar-refractivity contribution in [2.24, 2.45) is 0 Å². The average molecular weight is 268 g/mol. The SMILES string of the molecule is CCOC(=O)Cn1nnc(-c2cccc(Cl)n2)n1. The number of carbonyl (C=O) groups is 1. The van der Waals surface area contributed by atoms with Crippen molar-refractivity contribution in [2.45, 2.75) is 13.5 Å². The summed E-state index contributed by atoms with van der Waals surface area (Å²) in [6.07, 6.45) is 0. The number of esters is 1. The van der Waals surface area contributed by atoms with E-state index in [-0.39, 0.29) is 6.54 Å². The number of ether oxygens (including phenoxy) is 1. The molecule has 2 aromatic heterocycles. The Balaban J connectivity index is 2.13. The first-order valence-electron chi connectivity index (χ1n) is 5.25. The highest BCUT2D eigenvalue weighted by atomic mass is 35.5. The van der Waals surface area contributed by atoms with Crippen LogP contribution in [0.1, 0.15) is 6.92 Å². The van der Waals surface area contributed by atoms with Gasteiger partial charge in [-0.2, -0.15) is 4.80 Å². The van der Waals surface area contributed by atoms with Crippen molar-refractivity contribution in [3.8, 4) is 11.5 Å². The van der Waals surface area contributed by atoms with Gasteiger partial charge in [0.15, 0.2) is 6.54 Å². The van der Waals surface area contributed by atoms with Gasteiger partial charge in [0.2, 0.25) is 5.82 Å². The van der Waals surface area contributed by atoms with E-state index >= 15 is 0 Å². The van der Waals surface area contributed by atoms with Crippen LogP contribution in [0.25, 0.3) is 11.5 Å². The molecule has 94 valence electrons. The molecule has 2 rings (SSSR count). The molecule has 2 aromatic rings. The minimum Gasteiger partial charge on any atom is -0.465 e. The highest BCUT2D eigenvalue weighted by Gasteiger charge is 2.10. The van der Waals surface area contributed by atoms with Crippen LogP contribution in [0, 0.1) is 0 Å². The number of carbonyl (C=O) groups excluding carboxylic acids is 1. The smallest absolute Gasteiger partial charge is 0.329 e. The summed E-state index contributed by atoms with van der Waals surface area (Å²) in [5.41, 5.74) is 0.498. The lowest BCUT2D eigenvalue weighted by Crippen LogP contribution is -2.15. The summed E-state index contributed by atoms with van der Waals surface area (Å²) in [6.45, 7) is 1.96. The van der Waals surface area contributed by atoms with Crippen molar-refractivity contribution in [1.29, 1.82) is 0 Å². The van der Waals surface area contributed by atoms with Crippen molar-refractivity contribution >= 4 is 17.6 Å². The minimum absolute atomic E-state index is 0.0819. The zero-order valence-corrected chi connectivity index (χ0v) is 10.3. The summed E-state index contributed by atoms with van der Waals surface area (Å²) >= 11 is 5.76. The fourth-order valence-electron chi connectivity index (χ4n) is 1.27. The molecular formula is C10H10ClN5O2. The standard InChI is InChI=1S/C10H10ClN5O2/c1-2-18-9(17)6-16-14-10(13-15-16)7-4-3-5-8(11)12-7/h3-5H,2,6H2,1H3. The third-order valence-corrected chi connectivity index (χ3v) is 2.18. The Kier molecular flexibility index (Phi) is 3.83. The van der Waals surface area contributed by atoms with Crippen LogP contribution in [-0.4, -0.2) is 37.8 Å². The van der Waals surface area contributed by atoms with Crippen LogP contribution < -0.4 is 0 Å². The number of halogens is 1. The Morgan fingerprint density at radius 1 is 1.50 bits per heavy atom. The van der Waals surface area contributed by atoms with Crippen molar-refractivity contribution in [3.63, 3.8) is 0 Å². The Bertz CT molecular complexity index is 557. The number of aromatic nitrogens is 5. The number of hydrogen-bond donors (Lipinski definition) is 0. The Morgan fingerprint density at radius 2 is 2.33 bits per heavy atom. The van der Waals surface area contributed by atoms with E-state index in [1.54, 1.807) is 25.1 Å². The normalized spacial score (nSPS) is 10.3. The van der Waals surface area contributed by atoms with Gasteiger partial charge in [-0.1, -0.05) is 17.7 Å². The molecule has 18 heavy (non-hydrogen) atoms. The zero-order valence-electron chi connectivity index (χ0n) is 9.58. The van der Waals surface area contributed by atoms with Crippen LogP contribution in [0.2, 0.25) is 5.15 Å². The number of rotatable bonds is 4. The van der Waals surface area contributed by atoms with Crippen molar-refractivity contribution in [2.75, 3.05) is 6.61 Å². The first-order valence-corrected chi connectivity index (χ1v) is 5.63. The summed E-state index contributed by atoms with van der Waals surface area (Å²) in [6, 6.07) is 5.09. The molecular weight excluding hydrogens is 258 g/mol. The molecule has 0 atom stereocenters. The van der Waals surface area contributed by atoms with E-state index < -0.39 is 5.97 Å². The van der Waals surface area contributed by atoms with E-state index in [4.69, 9.17) is 16.3 Å². The van der Waals surface area contributed by atoms with Crippen LogP contribution in [0.15, 0.2) is 18.2 Å². The van der Waals surface area contributed by atoms with Gasteiger partial charge in [-0.05, 0) is 24.3 Å². The van der Waals surface area contributed by atoms with E-state index in [2.05, 4.69) is 20.4 Å². The van der Waals surface area contributed by atoms with Gasteiger partial charge in [-0.15, -0.1) is 10.2 Å². The molecule has 0 amide bonds.